The fourth-order valence-electron chi connectivity index (χ4n) is 3.13. The summed E-state index contributed by atoms with van der Waals surface area (Å²) in [4.78, 5) is 17.4. The number of aryl methyl sites for hydroxylation is 1. The summed E-state index contributed by atoms with van der Waals surface area (Å²) >= 11 is 0. The molecule has 6 nitrogen and oxygen atoms in total. The van der Waals surface area contributed by atoms with Crippen molar-refractivity contribution in [1.29, 1.82) is 0 Å². The predicted octanol–water partition coefficient (Wildman–Crippen LogP) is 3.88. The van der Waals surface area contributed by atoms with Crippen LogP contribution in [-0.4, -0.2) is 22.7 Å². The van der Waals surface area contributed by atoms with Gasteiger partial charge < -0.3 is 14.6 Å². The molecule has 27 heavy (non-hydrogen) atoms. The molecule has 0 aliphatic heterocycles. The van der Waals surface area contributed by atoms with Gasteiger partial charge >= 0.3 is 0 Å². The summed E-state index contributed by atoms with van der Waals surface area (Å²) in [5.74, 6) is 0.304. The Balaban J connectivity index is 1.50. The van der Waals surface area contributed by atoms with E-state index >= 15 is 0 Å². The number of carbonyl (C=O) groups excluding carboxylic acids is 1. The van der Waals surface area contributed by atoms with Crippen molar-refractivity contribution in [2.45, 2.75) is 45.8 Å². The van der Waals surface area contributed by atoms with Crippen LogP contribution in [0.25, 0.3) is 11.1 Å². The van der Waals surface area contributed by atoms with Gasteiger partial charge in [0.25, 0.3) is 11.6 Å². The molecule has 4 rings (SSSR count). The number of hydrogen-bond donors (Lipinski definition) is 1. The van der Waals surface area contributed by atoms with E-state index in [1.54, 1.807) is 0 Å². The Morgan fingerprint density at radius 1 is 1.26 bits per heavy atom. The van der Waals surface area contributed by atoms with Gasteiger partial charge in [-0.3, -0.25) is 4.79 Å². The zero-order valence-electron chi connectivity index (χ0n) is 15.6. The Morgan fingerprint density at radius 2 is 2.00 bits per heavy atom. The zero-order valence-corrected chi connectivity index (χ0v) is 15.6. The largest absolute Gasteiger partial charge is 0.377 e. The number of benzene rings is 1. The molecule has 1 N–H and O–H groups in total. The first-order valence-corrected chi connectivity index (χ1v) is 9.36. The van der Waals surface area contributed by atoms with Crippen LogP contribution >= 0.6 is 0 Å². The second kappa shape index (κ2) is 7.48. The van der Waals surface area contributed by atoms with E-state index in [9.17, 15) is 4.79 Å². The molecule has 3 aromatic rings. The van der Waals surface area contributed by atoms with Crippen molar-refractivity contribution < 1.29 is 14.1 Å². The van der Waals surface area contributed by atoms with Crippen LogP contribution < -0.4 is 5.32 Å². The smallest absolute Gasteiger partial charge is 0.259 e. The molecule has 0 atom stereocenters. The van der Waals surface area contributed by atoms with Crippen molar-refractivity contribution in [3.8, 4) is 0 Å². The number of carbonyl (C=O) groups is 1. The Morgan fingerprint density at radius 3 is 2.70 bits per heavy atom. The fourth-order valence-corrected chi connectivity index (χ4v) is 3.13. The van der Waals surface area contributed by atoms with E-state index in [0.717, 1.165) is 29.7 Å². The van der Waals surface area contributed by atoms with E-state index in [-0.39, 0.29) is 5.91 Å². The van der Waals surface area contributed by atoms with Crippen LogP contribution in [0.4, 0.5) is 0 Å². The lowest BCUT2D eigenvalue weighted by molar-refractivity contribution is 0.0952. The molecular formula is C21H23N3O3. The Hall–Kier alpha value is -2.73. The van der Waals surface area contributed by atoms with Gasteiger partial charge in [0.05, 0.1) is 23.3 Å². The molecule has 1 aromatic carbocycles. The van der Waals surface area contributed by atoms with Crippen molar-refractivity contribution in [3.63, 3.8) is 0 Å². The summed E-state index contributed by atoms with van der Waals surface area (Å²) in [5.41, 5.74) is 4.81. The summed E-state index contributed by atoms with van der Waals surface area (Å²) in [6.07, 6.45) is 2.22. The molecule has 0 bridgehead atoms. The van der Waals surface area contributed by atoms with Crippen LogP contribution in [0, 0.1) is 6.92 Å². The lowest BCUT2D eigenvalue weighted by Gasteiger charge is -2.09. The summed E-state index contributed by atoms with van der Waals surface area (Å²) in [6, 6.07) is 9.97. The SMILES string of the molecule is CCOCc1ccc(CNC(=O)c2cc(C3CC3)nc3onc(C)c23)cc1. The van der Waals surface area contributed by atoms with Crippen LogP contribution in [-0.2, 0) is 17.9 Å². The van der Waals surface area contributed by atoms with Crippen LogP contribution in [0.15, 0.2) is 34.9 Å². The number of ether oxygens (including phenoxy) is 1. The van der Waals surface area contributed by atoms with Gasteiger partial charge in [-0.15, -0.1) is 0 Å². The molecule has 1 aliphatic carbocycles. The third-order valence-electron chi connectivity index (χ3n) is 4.83. The Bertz CT molecular complexity index is 959. The second-order valence-electron chi connectivity index (χ2n) is 6.95. The number of fused-ring (bicyclic) bond motifs is 1. The van der Waals surface area contributed by atoms with Gasteiger partial charge in [-0.25, -0.2) is 4.98 Å². The van der Waals surface area contributed by atoms with Gasteiger partial charge in [-0.2, -0.15) is 0 Å². The highest BCUT2D eigenvalue weighted by Crippen LogP contribution is 2.40. The first kappa shape index (κ1) is 17.7. The van der Waals surface area contributed by atoms with Gasteiger partial charge in [-0.1, -0.05) is 29.4 Å². The number of aromatic nitrogens is 2. The third-order valence-corrected chi connectivity index (χ3v) is 4.83. The molecule has 0 spiro atoms. The van der Waals surface area contributed by atoms with Crippen molar-refractivity contribution >= 4 is 17.0 Å². The number of nitrogens with one attached hydrogen (secondary N) is 1. The summed E-state index contributed by atoms with van der Waals surface area (Å²) in [6.45, 7) is 5.57. The molecular weight excluding hydrogens is 342 g/mol. The lowest BCUT2D eigenvalue weighted by atomic mass is 10.1. The van der Waals surface area contributed by atoms with E-state index < -0.39 is 0 Å². The van der Waals surface area contributed by atoms with Gasteiger partial charge in [0.2, 0.25) is 0 Å². The maximum atomic E-state index is 12.9. The number of pyridine rings is 1. The molecule has 0 radical (unpaired) electrons. The minimum Gasteiger partial charge on any atom is -0.377 e. The third kappa shape index (κ3) is 3.85. The van der Waals surface area contributed by atoms with Crippen LogP contribution in [0.2, 0.25) is 0 Å². The number of amides is 1. The number of nitrogens with zero attached hydrogens (tertiary/aromatic N) is 2. The van der Waals surface area contributed by atoms with Gasteiger partial charge in [0.1, 0.15) is 0 Å². The molecule has 1 saturated carbocycles. The van der Waals surface area contributed by atoms with Crippen molar-refractivity contribution in [3.05, 3.63) is 58.4 Å². The highest BCUT2D eigenvalue weighted by molar-refractivity contribution is 6.06. The fraction of sp³-hybridized carbons (Fsp3) is 0.381. The average molecular weight is 365 g/mol. The van der Waals surface area contributed by atoms with Gasteiger partial charge in [-0.05, 0) is 43.9 Å². The molecule has 0 unspecified atom stereocenters. The highest BCUT2D eigenvalue weighted by Gasteiger charge is 2.28. The van der Waals surface area contributed by atoms with Crippen LogP contribution in [0.3, 0.4) is 0 Å². The first-order chi connectivity index (χ1) is 13.2. The zero-order chi connectivity index (χ0) is 18.8. The monoisotopic (exact) mass is 365 g/mol. The van der Waals surface area contributed by atoms with Crippen molar-refractivity contribution in [2.24, 2.45) is 0 Å². The normalized spacial score (nSPS) is 13.9. The van der Waals surface area contributed by atoms with E-state index in [2.05, 4.69) is 15.5 Å². The Kier molecular flexibility index (Phi) is 4.90. The van der Waals surface area contributed by atoms with E-state index in [1.165, 1.54) is 0 Å². The maximum Gasteiger partial charge on any atom is 0.259 e. The number of hydrogen-bond acceptors (Lipinski definition) is 5. The van der Waals surface area contributed by atoms with Gasteiger partial charge in [0.15, 0.2) is 0 Å². The highest BCUT2D eigenvalue weighted by atomic mass is 16.5. The van der Waals surface area contributed by atoms with Crippen molar-refractivity contribution in [2.75, 3.05) is 6.61 Å². The molecule has 2 aromatic heterocycles. The molecule has 1 fully saturated rings. The molecule has 0 saturated heterocycles. The average Bonchev–Trinajstić information content (AvgIpc) is 3.48. The minimum atomic E-state index is -0.131. The van der Waals surface area contributed by atoms with Crippen molar-refractivity contribution in [1.82, 2.24) is 15.5 Å². The minimum absolute atomic E-state index is 0.131. The quantitative estimate of drug-likeness (QED) is 0.688. The standard InChI is InChI=1S/C21H23N3O3/c1-3-26-12-15-6-4-14(5-7-15)11-22-20(25)17-10-18(16-8-9-16)23-21-19(17)13(2)24-27-21/h4-7,10,16H,3,8-9,11-12H2,1-2H3,(H,22,25). The molecule has 1 aliphatic rings. The van der Waals surface area contributed by atoms with E-state index in [4.69, 9.17) is 9.26 Å². The lowest BCUT2D eigenvalue weighted by Crippen LogP contribution is -2.23. The summed E-state index contributed by atoms with van der Waals surface area (Å²) < 4.78 is 10.7. The maximum absolute atomic E-state index is 12.9. The van der Waals surface area contributed by atoms with Crippen LogP contribution in [0.5, 0.6) is 0 Å². The summed E-state index contributed by atoms with van der Waals surface area (Å²) in [7, 11) is 0. The molecule has 2 heterocycles. The second-order valence-corrected chi connectivity index (χ2v) is 6.95. The molecule has 6 heteroatoms. The predicted molar refractivity (Wildman–Crippen MR) is 101 cm³/mol. The van der Waals surface area contributed by atoms with Crippen LogP contribution in [0.1, 0.15) is 58.6 Å². The van der Waals surface area contributed by atoms with E-state index in [0.29, 0.717) is 48.0 Å². The first-order valence-electron chi connectivity index (χ1n) is 9.36. The van der Waals surface area contributed by atoms with Gasteiger partial charge in [0, 0.05) is 24.8 Å². The molecule has 1 amide bonds. The molecule has 140 valence electrons. The number of rotatable bonds is 7. The Labute approximate surface area is 157 Å². The topological polar surface area (TPSA) is 77.2 Å². The summed E-state index contributed by atoms with van der Waals surface area (Å²) in [5, 5.41) is 7.69. The van der Waals surface area contributed by atoms with E-state index in [1.807, 2.05) is 44.2 Å².